The Morgan fingerprint density at radius 1 is 1.21 bits per heavy atom. The van der Waals surface area contributed by atoms with Gasteiger partial charge in [-0.25, -0.2) is 13.6 Å². The van der Waals surface area contributed by atoms with Crippen molar-refractivity contribution in [1.82, 2.24) is 15.5 Å². The number of rotatable bonds is 6. The van der Waals surface area contributed by atoms with Gasteiger partial charge in [-0.15, -0.1) is 0 Å². The van der Waals surface area contributed by atoms with Gasteiger partial charge in [0.1, 0.15) is 17.7 Å². The maximum atomic E-state index is 13.2. The molecule has 3 N–H and O–H groups in total. The summed E-state index contributed by atoms with van der Waals surface area (Å²) in [5.74, 6) is -1.39. The largest absolute Gasteiger partial charge is 0.446 e. The van der Waals surface area contributed by atoms with Crippen molar-refractivity contribution < 1.29 is 23.1 Å². The number of aromatic amines is 1. The lowest BCUT2D eigenvalue weighted by Crippen LogP contribution is -2.27. The smallest absolute Gasteiger partial charge is 0.407 e. The lowest BCUT2D eigenvalue weighted by molar-refractivity contribution is -0.115. The van der Waals surface area contributed by atoms with Gasteiger partial charge in [-0.1, -0.05) is 0 Å². The second-order valence-electron chi connectivity index (χ2n) is 6.78. The average Bonchev–Trinajstić information content (AvgIpc) is 3.23. The summed E-state index contributed by atoms with van der Waals surface area (Å²) < 4.78 is 31.8. The Bertz CT molecular complexity index is 835. The zero-order chi connectivity index (χ0) is 20.1. The second-order valence-corrected chi connectivity index (χ2v) is 6.78. The van der Waals surface area contributed by atoms with E-state index in [1.165, 1.54) is 0 Å². The van der Waals surface area contributed by atoms with E-state index in [-0.39, 0.29) is 24.0 Å². The van der Waals surface area contributed by atoms with Crippen LogP contribution in [-0.4, -0.2) is 34.8 Å². The van der Waals surface area contributed by atoms with E-state index >= 15 is 0 Å². The third kappa shape index (κ3) is 5.28. The highest BCUT2D eigenvalue weighted by atomic mass is 19.1. The SMILES string of the molecule is CCNC(=O)O[C@@H]1CC[C@H](c2cc(NC(=O)Cc3cc(F)cc(F)c3)n[nH]2)C1. The molecule has 0 bridgehead atoms. The standard InChI is InChI=1S/C19H22F2N4O3/c1-2-22-19(27)28-15-4-3-12(8-15)16-10-17(25-24-16)23-18(26)7-11-5-13(20)9-14(21)6-11/h5-6,9-10,12,15H,2-4,7-8H2,1H3,(H,22,27)(H2,23,24,25,26)/t12-,15+/m0/s1. The van der Waals surface area contributed by atoms with Gasteiger partial charge >= 0.3 is 6.09 Å². The predicted octanol–water partition coefficient (Wildman–Crippen LogP) is 3.25. The van der Waals surface area contributed by atoms with Crippen LogP contribution >= 0.6 is 0 Å². The van der Waals surface area contributed by atoms with Crippen molar-refractivity contribution in [1.29, 1.82) is 0 Å². The van der Waals surface area contributed by atoms with Gasteiger partial charge in [0, 0.05) is 30.3 Å². The average molecular weight is 392 g/mol. The summed E-state index contributed by atoms with van der Waals surface area (Å²) in [6, 6.07) is 4.72. The summed E-state index contributed by atoms with van der Waals surface area (Å²) in [4.78, 5) is 23.6. The van der Waals surface area contributed by atoms with Gasteiger partial charge in [-0.2, -0.15) is 5.10 Å². The molecule has 7 nitrogen and oxygen atoms in total. The Balaban J connectivity index is 1.53. The molecular weight excluding hydrogens is 370 g/mol. The number of H-pyrrole nitrogens is 1. The molecular formula is C19H22F2N4O3. The second kappa shape index (κ2) is 8.81. The Labute approximate surface area is 160 Å². The Hall–Kier alpha value is -2.97. The number of carbonyl (C=O) groups is 2. The van der Waals surface area contributed by atoms with Gasteiger partial charge in [-0.05, 0) is 43.9 Å². The van der Waals surface area contributed by atoms with E-state index in [1.54, 1.807) is 6.07 Å². The highest BCUT2D eigenvalue weighted by Crippen LogP contribution is 2.35. The zero-order valence-corrected chi connectivity index (χ0v) is 15.4. The number of amides is 2. The van der Waals surface area contributed by atoms with Gasteiger partial charge < -0.3 is 15.4 Å². The van der Waals surface area contributed by atoms with Crippen LogP contribution in [0.2, 0.25) is 0 Å². The Morgan fingerprint density at radius 3 is 2.68 bits per heavy atom. The highest BCUT2D eigenvalue weighted by molar-refractivity contribution is 5.91. The molecule has 2 aromatic rings. The number of hydrogen-bond donors (Lipinski definition) is 3. The fourth-order valence-electron chi connectivity index (χ4n) is 3.36. The molecule has 1 fully saturated rings. The number of alkyl carbamates (subject to hydrolysis) is 1. The monoisotopic (exact) mass is 392 g/mol. The molecule has 2 amide bonds. The summed E-state index contributed by atoms with van der Waals surface area (Å²) in [6.45, 7) is 2.34. The number of aromatic nitrogens is 2. The van der Waals surface area contributed by atoms with Gasteiger partial charge in [-0.3, -0.25) is 9.89 Å². The molecule has 9 heteroatoms. The molecule has 0 unspecified atom stereocenters. The molecule has 1 heterocycles. The summed E-state index contributed by atoms with van der Waals surface area (Å²) in [5, 5.41) is 12.2. The van der Waals surface area contributed by atoms with Crippen molar-refractivity contribution in [2.75, 3.05) is 11.9 Å². The molecule has 2 atom stereocenters. The van der Waals surface area contributed by atoms with E-state index in [4.69, 9.17) is 4.74 Å². The molecule has 0 saturated heterocycles. The first-order chi connectivity index (χ1) is 13.4. The minimum atomic E-state index is -0.726. The fraction of sp³-hybridized carbons (Fsp3) is 0.421. The van der Waals surface area contributed by atoms with Crippen LogP contribution in [0.4, 0.5) is 19.4 Å². The Morgan fingerprint density at radius 2 is 1.96 bits per heavy atom. The van der Waals surface area contributed by atoms with Crippen LogP contribution in [0.5, 0.6) is 0 Å². The number of hydrogen-bond acceptors (Lipinski definition) is 4. The number of ether oxygens (including phenoxy) is 1. The van der Waals surface area contributed by atoms with E-state index in [0.29, 0.717) is 18.8 Å². The lowest BCUT2D eigenvalue weighted by atomic mass is 10.0. The van der Waals surface area contributed by atoms with Gasteiger partial charge in [0.15, 0.2) is 5.82 Å². The van der Waals surface area contributed by atoms with Crippen LogP contribution in [-0.2, 0) is 16.0 Å². The molecule has 1 aliphatic rings. The number of anilines is 1. The lowest BCUT2D eigenvalue weighted by Gasteiger charge is -2.12. The summed E-state index contributed by atoms with van der Waals surface area (Å²) in [7, 11) is 0. The maximum absolute atomic E-state index is 13.2. The van der Waals surface area contributed by atoms with E-state index in [9.17, 15) is 18.4 Å². The van der Waals surface area contributed by atoms with Crippen LogP contribution in [0.15, 0.2) is 24.3 Å². The van der Waals surface area contributed by atoms with E-state index < -0.39 is 23.6 Å². The number of nitrogens with one attached hydrogen (secondary N) is 3. The molecule has 3 rings (SSSR count). The molecule has 1 aromatic carbocycles. The van der Waals surface area contributed by atoms with Crippen LogP contribution < -0.4 is 10.6 Å². The van der Waals surface area contributed by atoms with E-state index in [0.717, 1.165) is 36.7 Å². The van der Waals surface area contributed by atoms with Gasteiger partial charge in [0.05, 0.1) is 6.42 Å². The van der Waals surface area contributed by atoms with E-state index in [1.807, 2.05) is 6.92 Å². The molecule has 1 saturated carbocycles. The van der Waals surface area contributed by atoms with Crippen LogP contribution in [0.25, 0.3) is 0 Å². The number of carbonyl (C=O) groups excluding carboxylic acids is 2. The first kappa shape index (κ1) is 19.8. The van der Waals surface area contributed by atoms with Crippen LogP contribution in [0, 0.1) is 11.6 Å². The third-order valence-electron chi connectivity index (χ3n) is 4.57. The van der Waals surface area contributed by atoms with E-state index in [2.05, 4.69) is 20.8 Å². The van der Waals surface area contributed by atoms with Crippen molar-refractivity contribution in [3.05, 3.63) is 47.2 Å². The third-order valence-corrected chi connectivity index (χ3v) is 4.57. The molecule has 1 aromatic heterocycles. The van der Waals surface area contributed by atoms with Gasteiger partial charge in [0.2, 0.25) is 5.91 Å². The van der Waals surface area contributed by atoms with Crippen molar-refractivity contribution in [3.8, 4) is 0 Å². The van der Waals surface area contributed by atoms with Crippen molar-refractivity contribution >= 4 is 17.8 Å². The predicted molar refractivity (Wildman–Crippen MR) is 97.8 cm³/mol. The summed E-state index contributed by atoms with van der Waals surface area (Å²) in [6.07, 6.45) is 1.54. The minimum absolute atomic E-state index is 0.148. The van der Waals surface area contributed by atoms with Gasteiger partial charge in [0.25, 0.3) is 0 Å². The van der Waals surface area contributed by atoms with Crippen LogP contribution in [0.1, 0.15) is 43.4 Å². The fourth-order valence-corrected chi connectivity index (χ4v) is 3.36. The molecule has 1 aliphatic carbocycles. The van der Waals surface area contributed by atoms with Crippen molar-refractivity contribution in [2.45, 2.75) is 44.6 Å². The summed E-state index contributed by atoms with van der Waals surface area (Å²) in [5.41, 5.74) is 1.08. The number of benzene rings is 1. The van der Waals surface area contributed by atoms with Crippen molar-refractivity contribution in [2.24, 2.45) is 0 Å². The minimum Gasteiger partial charge on any atom is -0.446 e. The first-order valence-corrected chi connectivity index (χ1v) is 9.17. The molecule has 28 heavy (non-hydrogen) atoms. The molecule has 0 radical (unpaired) electrons. The number of nitrogens with zero attached hydrogens (tertiary/aromatic N) is 1. The maximum Gasteiger partial charge on any atom is 0.407 e. The molecule has 0 spiro atoms. The number of halogens is 2. The molecule has 0 aliphatic heterocycles. The van der Waals surface area contributed by atoms with Crippen LogP contribution in [0.3, 0.4) is 0 Å². The zero-order valence-electron chi connectivity index (χ0n) is 15.4. The quantitative estimate of drug-likeness (QED) is 0.703. The van der Waals surface area contributed by atoms with Crippen molar-refractivity contribution in [3.63, 3.8) is 0 Å². The topological polar surface area (TPSA) is 96.1 Å². The molecule has 150 valence electrons. The normalized spacial score (nSPS) is 18.7. The highest BCUT2D eigenvalue weighted by Gasteiger charge is 2.29. The first-order valence-electron chi connectivity index (χ1n) is 9.17. The summed E-state index contributed by atoms with van der Waals surface area (Å²) >= 11 is 0. The Kier molecular flexibility index (Phi) is 6.23.